The van der Waals surface area contributed by atoms with Crippen LogP contribution in [0.25, 0.3) is 0 Å². The Morgan fingerprint density at radius 1 is 1.16 bits per heavy atom. The van der Waals surface area contributed by atoms with Crippen molar-refractivity contribution in [2.75, 3.05) is 12.3 Å². The van der Waals surface area contributed by atoms with Gasteiger partial charge in [-0.05, 0) is 12.0 Å². The topological polar surface area (TPSA) is 303 Å². The van der Waals surface area contributed by atoms with Crippen LogP contribution in [0.3, 0.4) is 0 Å². The van der Waals surface area contributed by atoms with Gasteiger partial charge in [0.2, 0.25) is 0 Å². The second kappa shape index (κ2) is 13.7. The maximum absolute atomic E-state index is 12.6. The molecule has 2 unspecified atom stereocenters. The number of nitro benzene ring substituents is 1. The number of phosphoric ester groups is 1. The third-order valence-electron chi connectivity index (χ3n) is 5.86. The number of nitro groups is 1. The summed E-state index contributed by atoms with van der Waals surface area (Å²) in [6.45, 7) is 2.40. The van der Waals surface area contributed by atoms with Gasteiger partial charge >= 0.3 is 29.2 Å². The molecule has 1 aromatic heterocycles. The Kier molecular flexibility index (Phi) is 11.2. The first-order valence-corrected chi connectivity index (χ1v) is 16.6. The molecule has 7 N–H and O–H groups in total. The number of aliphatic hydroxyl groups is 1. The van der Waals surface area contributed by atoms with Gasteiger partial charge in [0.1, 0.15) is 18.1 Å². The maximum atomic E-state index is 12.6. The molecule has 6 atom stereocenters. The molecule has 1 aromatic carbocycles. The van der Waals surface area contributed by atoms with E-state index in [0.29, 0.717) is 5.56 Å². The Balaban J connectivity index is 1.72. The highest BCUT2D eigenvalue weighted by atomic mass is 31.3. The number of aliphatic hydroxyl groups excluding tert-OH is 1. The molecule has 23 heteroatoms. The SMILES string of the molecule is CC(C)[C@H](OCc1cn([C@H]2C[C@H](O)[C@@H](COP(=O)(O)OP(=O)(O)OP(=O)(O)O)O2)c(=O)nc1N)c1ccccc1[N+](=O)[O-]. The summed E-state index contributed by atoms with van der Waals surface area (Å²) in [6.07, 6.45) is -3.79. The molecule has 2 heterocycles. The number of aromatic nitrogens is 2. The average Bonchev–Trinajstić information content (AvgIpc) is 3.22. The van der Waals surface area contributed by atoms with Crippen molar-refractivity contribution in [2.24, 2.45) is 5.92 Å². The molecule has 1 fully saturated rings. The van der Waals surface area contributed by atoms with Gasteiger partial charge in [-0.25, -0.2) is 18.5 Å². The number of hydrogen-bond donors (Lipinski definition) is 6. The lowest BCUT2D eigenvalue weighted by Crippen LogP contribution is -2.29. The first-order chi connectivity index (χ1) is 19.8. The second-order valence-corrected chi connectivity index (χ2v) is 13.9. The average molecular weight is 674 g/mol. The highest BCUT2D eigenvalue weighted by Gasteiger charge is 2.43. The fourth-order valence-corrected chi connectivity index (χ4v) is 7.09. The summed E-state index contributed by atoms with van der Waals surface area (Å²) in [5.41, 5.74) is 5.38. The fourth-order valence-electron chi connectivity index (χ4n) is 4.06. The van der Waals surface area contributed by atoms with Gasteiger partial charge in [-0.3, -0.25) is 19.2 Å². The van der Waals surface area contributed by atoms with Crippen LogP contribution < -0.4 is 11.4 Å². The van der Waals surface area contributed by atoms with Crippen LogP contribution in [0.4, 0.5) is 11.5 Å². The normalized spacial score (nSPS) is 22.7. The summed E-state index contributed by atoms with van der Waals surface area (Å²) in [6, 6.07) is 6.04. The Hall–Kier alpha value is -2.41. The van der Waals surface area contributed by atoms with E-state index in [-0.39, 0.29) is 36.0 Å². The molecule has 0 saturated carbocycles. The van der Waals surface area contributed by atoms with E-state index in [4.69, 9.17) is 25.0 Å². The Labute approximate surface area is 242 Å². The van der Waals surface area contributed by atoms with Gasteiger partial charge in [-0.1, -0.05) is 26.0 Å². The minimum atomic E-state index is -5.75. The summed E-state index contributed by atoms with van der Waals surface area (Å²) in [4.78, 5) is 63.4. The van der Waals surface area contributed by atoms with Gasteiger partial charge in [0.25, 0.3) is 5.69 Å². The number of rotatable bonds is 14. The fraction of sp³-hybridized carbons (Fsp3) is 0.500. The van der Waals surface area contributed by atoms with Crippen molar-refractivity contribution in [1.82, 2.24) is 9.55 Å². The molecule has 0 spiro atoms. The van der Waals surface area contributed by atoms with Crippen LogP contribution in [0.5, 0.6) is 0 Å². The number of anilines is 1. The standard InChI is InChI=1S/C20H29N4O16P3/c1-11(2)18(13-5-3-4-6-14(13)24(27)28)36-9-12-8-23(20(26)22-19(12)21)17-7-15(25)16(38-17)10-37-42(32,33)40-43(34,35)39-41(29,30)31/h3-6,8,11,15-18,25H,7,9-10H2,1-2H3,(H,32,33)(H,34,35)(H2,21,22,26)(H2,29,30,31)/t15-,16+,17+,18-/m0/s1. The molecule has 240 valence electrons. The zero-order valence-electron chi connectivity index (χ0n) is 22.4. The summed E-state index contributed by atoms with van der Waals surface area (Å²) in [5, 5.41) is 21.9. The van der Waals surface area contributed by atoms with Crippen LogP contribution in [0.2, 0.25) is 0 Å². The molecular weight excluding hydrogens is 645 g/mol. The van der Waals surface area contributed by atoms with Crippen molar-refractivity contribution in [1.29, 1.82) is 0 Å². The van der Waals surface area contributed by atoms with E-state index in [1.54, 1.807) is 26.0 Å². The largest absolute Gasteiger partial charge is 0.490 e. The van der Waals surface area contributed by atoms with Crippen LogP contribution in [-0.4, -0.2) is 58.0 Å². The van der Waals surface area contributed by atoms with Crippen molar-refractivity contribution in [3.8, 4) is 0 Å². The number of phosphoric acid groups is 3. The maximum Gasteiger partial charge on any atom is 0.490 e. The first-order valence-electron chi connectivity index (χ1n) is 12.1. The second-order valence-electron chi connectivity index (χ2n) is 9.45. The van der Waals surface area contributed by atoms with Crippen molar-refractivity contribution in [3.05, 3.63) is 62.2 Å². The third kappa shape index (κ3) is 9.79. The van der Waals surface area contributed by atoms with Crippen molar-refractivity contribution >= 4 is 35.0 Å². The molecule has 0 amide bonds. The smallest absolute Gasteiger partial charge is 0.390 e. The molecule has 2 aromatic rings. The minimum absolute atomic E-state index is 0.146. The molecule has 20 nitrogen and oxygen atoms in total. The van der Waals surface area contributed by atoms with Crippen LogP contribution in [0, 0.1) is 16.0 Å². The summed E-state index contributed by atoms with van der Waals surface area (Å²) in [7, 11) is -16.8. The number of hydrogen-bond acceptors (Lipinski definition) is 14. The predicted octanol–water partition coefficient (Wildman–Crippen LogP) is 1.64. The van der Waals surface area contributed by atoms with Crippen LogP contribution in [0.1, 0.15) is 43.7 Å². The molecule has 1 aliphatic heterocycles. The summed E-state index contributed by atoms with van der Waals surface area (Å²) >= 11 is 0. The molecule has 43 heavy (non-hydrogen) atoms. The number of benzene rings is 1. The predicted molar refractivity (Wildman–Crippen MR) is 143 cm³/mol. The van der Waals surface area contributed by atoms with Gasteiger partial charge in [0.05, 0.1) is 35.9 Å². The van der Waals surface area contributed by atoms with Gasteiger partial charge in [-0.2, -0.15) is 13.6 Å². The van der Waals surface area contributed by atoms with Crippen molar-refractivity contribution in [3.63, 3.8) is 0 Å². The van der Waals surface area contributed by atoms with Gasteiger partial charge in [-0.15, -0.1) is 0 Å². The van der Waals surface area contributed by atoms with Crippen molar-refractivity contribution < 1.29 is 65.9 Å². The van der Waals surface area contributed by atoms with Gasteiger partial charge < -0.3 is 39.9 Å². The van der Waals surface area contributed by atoms with Crippen molar-refractivity contribution in [2.45, 2.75) is 51.4 Å². The lowest BCUT2D eigenvalue weighted by molar-refractivity contribution is -0.386. The number of nitrogens with zero attached hydrogens (tertiary/aromatic N) is 3. The molecule has 3 rings (SSSR count). The highest BCUT2D eigenvalue weighted by Crippen LogP contribution is 2.66. The molecule has 0 aliphatic carbocycles. The molecule has 0 bridgehead atoms. The summed E-state index contributed by atoms with van der Waals surface area (Å²) < 4.78 is 58.4. The number of nitrogen functional groups attached to an aromatic ring is 1. The molecule has 1 aliphatic rings. The van der Waals surface area contributed by atoms with E-state index in [1.807, 2.05) is 0 Å². The first kappa shape index (κ1) is 35.1. The van der Waals surface area contributed by atoms with E-state index in [2.05, 4.69) is 18.1 Å². The van der Waals surface area contributed by atoms with E-state index < -0.39 is 65.2 Å². The zero-order valence-corrected chi connectivity index (χ0v) is 25.1. The summed E-state index contributed by atoms with van der Waals surface area (Å²) in [5.74, 6) is -0.418. The number of para-hydroxylation sites is 1. The van der Waals surface area contributed by atoms with Crippen LogP contribution in [0.15, 0.2) is 35.3 Å². The Bertz CT molecular complexity index is 1530. The Morgan fingerprint density at radius 2 is 1.81 bits per heavy atom. The number of nitrogens with two attached hydrogens (primary N) is 1. The van der Waals surface area contributed by atoms with Gasteiger partial charge in [0.15, 0.2) is 0 Å². The minimum Gasteiger partial charge on any atom is -0.390 e. The van der Waals surface area contributed by atoms with E-state index in [9.17, 15) is 43.5 Å². The van der Waals surface area contributed by atoms with Crippen LogP contribution in [-0.2, 0) is 42.9 Å². The van der Waals surface area contributed by atoms with Crippen LogP contribution >= 0.6 is 23.5 Å². The van der Waals surface area contributed by atoms with E-state index in [0.717, 1.165) is 4.57 Å². The van der Waals surface area contributed by atoms with E-state index in [1.165, 1.54) is 18.3 Å². The lowest BCUT2D eigenvalue weighted by atomic mass is 9.97. The molecule has 0 radical (unpaired) electrons. The quantitative estimate of drug-likeness (QED) is 0.0942. The van der Waals surface area contributed by atoms with E-state index >= 15 is 0 Å². The lowest BCUT2D eigenvalue weighted by Gasteiger charge is -2.23. The monoisotopic (exact) mass is 674 g/mol. The molecule has 1 saturated heterocycles. The zero-order chi connectivity index (χ0) is 32.3. The molecular formula is C20H29N4O16P3. The number of ether oxygens (including phenoxy) is 2. The van der Waals surface area contributed by atoms with Gasteiger partial charge in [0, 0.05) is 24.2 Å². The third-order valence-corrected chi connectivity index (χ3v) is 9.66. The Morgan fingerprint density at radius 3 is 2.42 bits per heavy atom. The highest BCUT2D eigenvalue weighted by molar-refractivity contribution is 7.66.